The Morgan fingerprint density at radius 1 is 1.20 bits per heavy atom. The van der Waals surface area contributed by atoms with Crippen molar-refractivity contribution < 1.29 is 18.4 Å². The molecule has 1 aliphatic rings. The standard InChI is InChI=1S/C17H14ClF2N3O2/c18-13-8-11(2-4-15(13)23-6-5-21-16(24)9-23)22-17(25)12-7-10(19)1-3-14(12)20/h1-4,7-8H,5-6,9H2,(H,21,24)(H,22,25). The van der Waals surface area contributed by atoms with Crippen LogP contribution in [-0.2, 0) is 4.79 Å². The van der Waals surface area contributed by atoms with Crippen molar-refractivity contribution in [2.75, 3.05) is 29.9 Å². The first-order valence-electron chi connectivity index (χ1n) is 7.51. The highest BCUT2D eigenvalue weighted by Gasteiger charge is 2.19. The first-order valence-corrected chi connectivity index (χ1v) is 7.89. The molecule has 0 bridgehead atoms. The van der Waals surface area contributed by atoms with Crippen LogP contribution in [0.3, 0.4) is 0 Å². The summed E-state index contributed by atoms with van der Waals surface area (Å²) in [5.74, 6) is -2.40. The van der Waals surface area contributed by atoms with Gasteiger partial charge in [0.15, 0.2) is 0 Å². The van der Waals surface area contributed by atoms with Gasteiger partial charge in [0.25, 0.3) is 5.91 Å². The molecule has 2 aromatic rings. The molecule has 0 radical (unpaired) electrons. The van der Waals surface area contributed by atoms with E-state index in [1.807, 2.05) is 4.90 Å². The van der Waals surface area contributed by atoms with E-state index in [9.17, 15) is 18.4 Å². The highest BCUT2D eigenvalue weighted by molar-refractivity contribution is 6.33. The fraction of sp³-hybridized carbons (Fsp3) is 0.176. The molecule has 0 aliphatic carbocycles. The molecule has 0 aromatic heterocycles. The van der Waals surface area contributed by atoms with Crippen LogP contribution in [0.2, 0.25) is 5.02 Å². The summed E-state index contributed by atoms with van der Waals surface area (Å²) < 4.78 is 26.8. The first-order chi connectivity index (χ1) is 11.9. The number of carbonyl (C=O) groups excluding carboxylic acids is 2. The average Bonchev–Trinajstić information content (AvgIpc) is 2.57. The number of piperazine rings is 1. The van der Waals surface area contributed by atoms with Gasteiger partial charge in [-0.2, -0.15) is 0 Å². The number of carbonyl (C=O) groups is 2. The predicted octanol–water partition coefficient (Wildman–Crippen LogP) is 2.81. The molecule has 1 aliphatic heterocycles. The Balaban J connectivity index is 1.77. The quantitative estimate of drug-likeness (QED) is 0.879. The molecule has 25 heavy (non-hydrogen) atoms. The summed E-state index contributed by atoms with van der Waals surface area (Å²) in [7, 11) is 0. The van der Waals surface area contributed by atoms with Gasteiger partial charge >= 0.3 is 0 Å². The van der Waals surface area contributed by atoms with Gasteiger partial charge in [0.2, 0.25) is 5.91 Å². The molecule has 130 valence electrons. The molecule has 1 heterocycles. The van der Waals surface area contributed by atoms with Crippen LogP contribution in [-0.4, -0.2) is 31.4 Å². The van der Waals surface area contributed by atoms with Crippen molar-refractivity contribution in [3.05, 3.63) is 58.6 Å². The molecule has 5 nitrogen and oxygen atoms in total. The third-order valence-electron chi connectivity index (χ3n) is 3.76. The van der Waals surface area contributed by atoms with Crippen LogP contribution in [0.1, 0.15) is 10.4 Å². The predicted molar refractivity (Wildman–Crippen MR) is 91.0 cm³/mol. The number of hydrogen-bond donors (Lipinski definition) is 2. The highest BCUT2D eigenvalue weighted by atomic mass is 35.5. The van der Waals surface area contributed by atoms with Gasteiger partial charge < -0.3 is 15.5 Å². The van der Waals surface area contributed by atoms with E-state index in [-0.39, 0.29) is 12.5 Å². The van der Waals surface area contributed by atoms with Gasteiger partial charge in [0, 0.05) is 18.8 Å². The maximum atomic E-state index is 13.6. The number of nitrogens with one attached hydrogen (secondary N) is 2. The van der Waals surface area contributed by atoms with Gasteiger partial charge in [-0.05, 0) is 36.4 Å². The lowest BCUT2D eigenvalue weighted by Gasteiger charge is -2.29. The molecule has 0 unspecified atom stereocenters. The zero-order valence-electron chi connectivity index (χ0n) is 13.0. The van der Waals surface area contributed by atoms with Crippen LogP contribution in [0.5, 0.6) is 0 Å². The van der Waals surface area contributed by atoms with Crippen LogP contribution in [0.25, 0.3) is 0 Å². The summed E-state index contributed by atoms with van der Waals surface area (Å²) in [4.78, 5) is 25.4. The number of benzene rings is 2. The summed E-state index contributed by atoms with van der Waals surface area (Å²) >= 11 is 6.24. The maximum absolute atomic E-state index is 13.6. The molecule has 0 saturated carbocycles. The van der Waals surface area contributed by atoms with Crippen LogP contribution in [0, 0.1) is 11.6 Å². The fourth-order valence-corrected chi connectivity index (χ4v) is 2.86. The van der Waals surface area contributed by atoms with Crippen molar-refractivity contribution in [2.24, 2.45) is 0 Å². The lowest BCUT2D eigenvalue weighted by Crippen LogP contribution is -2.47. The summed E-state index contributed by atoms with van der Waals surface area (Å²) in [5.41, 5.74) is 0.600. The Morgan fingerprint density at radius 3 is 2.72 bits per heavy atom. The molecule has 0 spiro atoms. The molecule has 0 atom stereocenters. The molecule has 2 N–H and O–H groups in total. The van der Waals surface area contributed by atoms with Crippen LogP contribution < -0.4 is 15.5 Å². The molecule has 2 aromatic carbocycles. The summed E-state index contributed by atoms with van der Waals surface area (Å²) in [6.45, 7) is 1.33. The summed E-state index contributed by atoms with van der Waals surface area (Å²) in [6.07, 6.45) is 0. The highest BCUT2D eigenvalue weighted by Crippen LogP contribution is 2.29. The molecule has 8 heteroatoms. The van der Waals surface area contributed by atoms with Crippen LogP contribution >= 0.6 is 11.6 Å². The number of anilines is 2. The molecule has 3 rings (SSSR count). The van der Waals surface area contributed by atoms with Crippen molar-refractivity contribution in [2.45, 2.75) is 0 Å². The maximum Gasteiger partial charge on any atom is 0.258 e. The number of nitrogens with zero attached hydrogens (tertiary/aromatic N) is 1. The Kier molecular flexibility index (Phi) is 4.85. The van der Waals surface area contributed by atoms with Crippen LogP contribution in [0.4, 0.5) is 20.2 Å². The normalized spacial score (nSPS) is 14.2. The second-order valence-electron chi connectivity index (χ2n) is 5.52. The SMILES string of the molecule is O=C1CN(c2ccc(NC(=O)c3cc(F)ccc3F)cc2Cl)CCN1. The Hall–Kier alpha value is -2.67. The topological polar surface area (TPSA) is 61.4 Å². The zero-order chi connectivity index (χ0) is 18.0. The molecule has 1 fully saturated rings. The first kappa shape index (κ1) is 17.2. The molecular weight excluding hydrogens is 352 g/mol. The smallest absolute Gasteiger partial charge is 0.258 e. The van der Waals surface area contributed by atoms with Crippen molar-refractivity contribution in [3.63, 3.8) is 0 Å². The monoisotopic (exact) mass is 365 g/mol. The lowest BCUT2D eigenvalue weighted by atomic mass is 10.1. The minimum absolute atomic E-state index is 0.0960. The van der Waals surface area contributed by atoms with Crippen molar-refractivity contribution in [1.82, 2.24) is 5.32 Å². The van der Waals surface area contributed by atoms with E-state index in [4.69, 9.17) is 11.6 Å². The number of hydrogen-bond acceptors (Lipinski definition) is 3. The van der Waals surface area contributed by atoms with Gasteiger partial charge in [0.05, 0.1) is 22.8 Å². The number of amides is 2. The zero-order valence-corrected chi connectivity index (χ0v) is 13.7. The molecule has 1 saturated heterocycles. The molecular formula is C17H14ClF2N3O2. The van der Waals surface area contributed by atoms with Crippen LogP contribution in [0.15, 0.2) is 36.4 Å². The van der Waals surface area contributed by atoms with Gasteiger partial charge in [-0.1, -0.05) is 11.6 Å². The van der Waals surface area contributed by atoms with Gasteiger partial charge in [0.1, 0.15) is 11.6 Å². The summed E-state index contributed by atoms with van der Waals surface area (Å²) in [5, 5.41) is 5.54. The Morgan fingerprint density at radius 2 is 2.00 bits per heavy atom. The van der Waals surface area contributed by atoms with Gasteiger partial charge in [-0.25, -0.2) is 8.78 Å². The van der Waals surface area contributed by atoms with Gasteiger partial charge in [-0.3, -0.25) is 9.59 Å². The second-order valence-corrected chi connectivity index (χ2v) is 5.92. The lowest BCUT2D eigenvalue weighted by molar-refractivity contribution is -0.120. The van der Waals surface area contributed by atoms with E-state index >= 15 is 0 Å². The minimum atomic E-state index is -0.819. The minimum Gasteiger partial charge on any atom is -0.359 e. The van der Waals surface area contributed by atoms with E-state index < -0.39 is 23.1 Å². The largest absolute Gasteiger partial charge is 0.359 e. The van der Waals surface area contributed by atoms with E-state index in [2.05, 4.69) is 10.6 Å². The Labute approximate surface area is 147 Å². The van der Waals surface area contributed by atoms with Gasteiger partial charge in [-0.15, -0.1) is 0 Å². The second kappa shape index (κ2) is 7.06. The van der Waals surface area contributed by atoms with E-state index in [0.29, 0.717) is 29.5 Å². The van der Waals surface area contributed by atoms with Crippen molar-refractivity contribution in [3.8, 4) is 0 Å². The fourth-order valence-electron chi connectivity index (χ4n) is 2.56. The molecule has 2 amide bonds. The number of rotatable bonds is 3. The van der Waals surface area contributed by atoms with Crippen molar-refractivity contribution >= 4 is 34.8 Å². The Bertz CT molecular complexity index is 845. The summed E-state index contributed by atoms with van der Waals surface area (Å²) in [6, 6.07) is 7.40. The number of halogens is 3. The third-order valence-corrected chi connectivity index (χ3v) is 4.06. The third kappa shape index (κ3) is 3.88. The van der Waals surface area contributed by atoms with E-state index in [1.165, 1.54) is 6.07 Å². The van der Waals surface area contributed by atoms with E-state index in [0.717, 1.165) is 18.2 Å². The van der Waals surface area contributed by atoms with E-state index in [1.54, 1.807) is 12.1 Å². The average molecular weight is 366 g/mol. The van der Waals surface area contributed by atoms with Crippen molar-refractivity contribution in [1.29, 1.82) is 0 Å².